The van der Waals surface area contributed by atoms with Gasteiger partial charge in [0, 0.05) is 18.2 Å². The number of rotatable bonds is 2. The average molecular weight is 176 g/mol. The van der Waals surface area contributed by atoms with Gasteiger partial charge in [-0.15, -0.1) is 0 Å². The fraction of sp³-hybridized carbons (Fsp3) is 0.545. The normalized spacial score (nSPS) is 33.1. The third-order valence-electron chi connectivity index (χ3n) is 3.03. The van der Waals surface area contributed by atoms with E-state index < -0.39 is 0 Å². The van der Waals surface area contributed by atoms with Gasteiger partial charge < -0.3 is 10.7 Å². The maximum Gasteiger partial charge on any atom is 0.0432 e. The Balaban J connectivity index is 2.24. The second-order valence-corrected chi connectivity index (χ2v) is 3.87. The van der Waals surface area contributed by atoms with Crippen molar-refractivity contribution in [2.75, 3.05) is 13.1 Å². The molecule has 1 fully saturated rings. The molecule has 2 aliphatic rings. The summed E-state index contributed by atoms with van der Waals surface area (Å²) in [7, 11) is 0. The first-order valence-corrected chi connectivity index (χ1v) is 4.97. The Morgan fingerprint density at radius 1 is 1.46 bits per heavy atom. The maximum atomic E-state index is 7.54. The lowest BCUT2D eigenvalue weighted by molar-refractivity contribution is 0.574. The quantitative estimate of drug-likeness (QED) is 0.619. The average Bonchev–Trinajstić information content (AvgIpc) is 2.69. The molecular formula is C11H16N2. The van der Waals surface area contributed by atoms with Crippen LogP contribution in [-0.4, -0.2) is 19.3 Å². The summed E-state index contributed by atoms with van der Waals surface area (Å²) in [5, 5.41) is 10.9. The van der Waals surface area contributed by atoms with Crippen LogP contribution in [0.1, 0.15) is 19.3 Å². The van der Waals surface area contributed by atoms with Crippen molar-refractivity contribution in [1.29, 1.82) is 5.41 Å². The summed E-state index contributed by atoms with van der Waals surface area (Å²) < 4.78 is 0. The van der Waals surface area contributed by atoms with Crippen LogP contribution in [0.5, 0.6) is 0 Å². The van der Waals surface area contributed by atoms with E-state index >= 15 is 0 Å². The first-order valence-electron chi connectivity index (χ1n) is 4.97. The van der Waals surface area contributed by atoms with Gasteiger partial charge in [0.15, 0.2) is 0 Å². The molecule has 1 aliphatic carbocycles. The number of allylic oxidation sites excluding steroid dienone is 3. The topological polar surface area (TPSA) is 35.9 Å². The number of hydrogen-bond acceptors (Lipinski definition) is 2. The minimum Gasteiger partial charge on any atom is -0.315 e. The fourth-order valence-electron chi connectivity index (χ4n) is 2.15. The molecule has 0 saturated carbocycles. The van der Waals surface area contributed by atoms with Crippen LogP contribution in [0.3, 0.4) is 0 Å². The van der Waals surface area contributed by atoms with E-state index in [1.807, 2.05) is 0 Å². The van der Waals surface area contributed by atoms with Crippen molar-refractivity contribution in [3.05, 3.63) is 23.8 Å². The molecule has 0 aromatic carbocycles. The summed E-state index contributed by atoms with van der Waals surface area (Å²) in [6.07, 6.45) is 11.7. The molecule has 1 atom stereocenters. The van der Waals surface area contributed by atoms with Crippen LogP contribution in [0, 0.1) is 10.8 Å². The van der Waals surface area contributed by atoms with Crippen molar-refractivity contribution in [2.24, 2.45) is 5.41 Å². The van der Waals surface area contributed by atoms with Crippen LogP contribution in [0.2, 0.25) is 0 Å². The molecule has 1 aliphatic heterocycles. The van der Waals surface area contributed by atoms with Gasteiger partial charge in [0.25, 0.3) is 0 Å². The molecule has 70 valence electrons. The molecule has 2 N–H and O–H groups in total. The third kappa shape index (κ3) is 1.46. The van der Waals surface area contributed by atoms with Crippen LogP contribution in [0.15, 0.2) is 23.8 Å². The summed E-state index contributed by atoms with van der Waals surface area (Å²) in [6, 6.07) is 0. The Bertz CT molecular complexity index is 257. The highest BCUT2D eigenvalue weighted by Crippen LogP contribution is 2.34. The zero-order valence-electron chi connectivity index (χ0n) is 7.84. The van der Waals surface area contributed by atoms with Crippen molar-refractivity contribution in [2.45, 2.75) is 19.3 Å². The lowest BCUT2D eigenvalue weighted by Crippen LogP contribution is -2.27. The molecule has 0 bridgehead atoms. The lowest BCUT2D eigenvalue weighted by atomic mass is 9.78. The standard InChI is InChI=1S/C11H16N2/c12-8-11(6-7-13-9-11)10-4-2-1-3-5-10/h2,4-5,8,12-13H,1,3,6-7,9H2. The van der Waals surface area contributed by atoms with Crippen molar-refractivity contribution in [3.63, 3.8) is 0 Å². The van der Waals surface area contributed by atoms with Gasteiger partial charge in [0.2, 0.25) is 0 Å². The third-order valence-corrected chi connectivity index (χ3v) is 3.03. The molecule has 1 saturated heterocycles. The monoisotopic (exact) mass is 176 g/mol. The van der Waals surface area contributed by atoms with Gasteiger partial charge in [0.1, 0.15) is 0 Å². The smallest absolute Gasteiger partial charge is 0.0432 e. The van der Waals surface area contributed by atoms with Gasteiger partial charge in [-0.05, 0) is 31.4 Å². The van der Waals surface area contributed by atoms with Crippen LogP contribution in [0.25, 0.3) is 0 Å². The van der Waals surface area contributed by atoms with Crippen LogP contribution < -0.4 is 5.32 Å². The molecule has 1 unspecified atom stereocenters. The zero-order chi connectivity index (χ0) is 9.15. The molecule has 2 heteroatoms. The Labute approximate surface area is 79.2 Å². The van der Waals surface area contributed by atoms with Gasteiger partial charge >= 0.3 is 0 Å². The van der Waals surface area contributed by atoms with Crippen molar-refractivity contribution in [3.8, 4) is 0 Å². The van der Waals surface area contributed by atoms with Gasteiger partial charge in [-0.3, -0.25) is 0 Å². The van der Waals surface area contributed by atoms with E-state index in [0.717, 1.165) is 32.4 Å². The molecular weight excluding hydrogens is 160 g/mol. The van der Waals surface area contributed by atoms with E-state index in [1.54, 1.807) is 6.21 Å². The zero-order valence-corrected chi connectivity index (χ0v) is 7.84. The minimum atomic E-state index is 0.0108. The Kier molecular flexibility index (Phi) is 2.32. The van der Waals surface area contributed by atoms with Crippen molar-refractivity contribution < 1.29 is 0 Å². The SMILES string of the molecule is N=CC1(C2=CCCC=C2)CCNC1. The maximum absolute atomic E-state index is 7.54. The van der Waals surface area contributed by atoms with E-state index in [0.29, 0.717) is 0 Å². The molecule has 0 spiro atoms. The summed E-state index contributed by atoms with van der Waals surface area (Å²) >= 11 is 0. The van der Waals surface area contributed by atoms with Crippen LogP contribution >= 0.6 is 0 Å². The second-order valence-electron chi connectivity index (χ2n) is 3.87. The largest absolute Gasteiger partial charge is 0.315 e. The van der Waals surface area contributed by atoms with Crippen molar-refractivity contribution >= 4 is 6.21 Å². The van der Waals surface area contributed by atoms with Gasteiger partial charge in [-0.1, -0.05) is 18.2 Å². The number of hydrogen-bond donors (Lipinski definition) is 2. The van der Waals surface area contributed by atoms with Gasteiger partial charge in [0.05, 0.1) is 0 Å². The number of nitrogens with one attached hydrogen (secondary N) is 2. The van der Waals surface area contributed by atoms with Crippen LogP contribution in [0.4, 0.5) is 0 Å². The highest BCUT2D eigenvalue weighted by atomic mass is 14.9. The summed E-state index contributed by atoms with van der Waals surface area (Å²) in [4.78, 5) is 0. The molecule has 0 aromatic rings. The second kappa shape index (κ2) is 3.46. The molecule has 0 aromatic heterocycles. The molecule has 0 radical (unpaired) electrons. The Morgan fingerprint density at radius 2 is 2.38 bits per heavy atom. The Morgan fingerprint density at radius 3 is 2.92 bits per heavy atom. The van der Waals surface area contributed by atoms with Gasteiger partial charge in [-0.2, -0.15) is 0 Å². The summed E-state index contributed by atoms with van der Waals surface area (Å²) in [6.45, 7) is 1.98. The van der Waals surface area contributed by atoms with Gasteiger partial charge in [-0.25, -0.2) is 0 Å². The molecule has 13 heavy (non-hydrogen) atoms. The Hall–Kier alpha value is -0.890. The van der Waals surface area contributed by atoms with E-state index in [9.17, 15) is 0 Å². The highest BCUT2D eigenvalue weighted by Gasteiger charge is 2.34. The highest BCUT2D eigenvalue weighted by molar-refractivity contribution is 5.70. The first-order chi connectivity index (χ1) is 6.37. The summed E-state index contributed by atoms with van der Waals surface area (Å²) in [5.74, 6) is 0. The van der Waals surface area contributed by atoms with Crippen LogP contribution in [-0.2, 0) is 0 Å². The predicted molar refractivity (Wildman–Crippen MR) is 55.2 cm³/mol. The van der Waals surface area contributed by atoms with Crippen molar-refractivity contribution in [1.82, 2.24) is 5.32 Å². The fourth-order valence-corrected chi connectivity index (χ4v) is 2.15. The molecule has 2 rings (SSSR count). The predicted octanol–water partition coefficient (Wildman–Crippen LogP) is 1.89. The molecule has 2 nitrogen and oxygen atoms in total. The van der Waals surface area contributed by atoms with E-state index in [4.69, 9.17) is 5.41 Å². The molecule has 1 heterocycles. The minimum absolute atomic E-state index is 0.0108. The van der Waals surface area contributed by atoms with E-state index in [1.165, 1.54) is 5.57 Å². The van der Waals surface area contributed by atoms with E-state index in [2.05, 4.69) is 23.5 Å². The lowest BCUT2D eigenvalue weighted by Gasteiger charge is -2.26. The first kappa shape index (κ1) is 8.70. The summed E-state index contributed by atoms with van der Waals surface area (Å²) in [5.41, 5.74) is 1.36. The molecule has 0 amide bonds. The van der Waals surface area contributed by atoms with E-state index in [-0.39, 0.29) is 5.41 Å².